The van der Waals surface area contributed by atoms with Crippen LogP contribution in [-0.2, 0) is 11.3 Å². The first-order valence-corrected chi connectivity index (χ1v) is 12.0. The van der Waals surface area contributed by atoms with Crippen molar-refractivity contribution in [3.63, 3.8) is 0 Å². The highest BCUT2D eigenvalue weighted by atomic mass is 35.5. The minimum atomic E-state index is -0.0311. The van der Waals surface area contributed by atoms with Crippen LogP contribution in [-0.4, -0.2) is 54.8 Å². The van der Waals surface area contributed by atoms with Crippen molar-refractivity contribution < 1.29 is 9.59 Å². The van der Waals surface area contributed by atoms with Gasteiger partial charge in [0.15, 0.2) is 0 Å². The van der Waals surface area contributed by atoms with Crippen molar-refractivity contribution in [1.29, 1.82) is 0 Å². The molecule has 2 amide bonds. The molecule has 2 aromatic carbocycles. The maximum Gasteiger partial charge on any atom is 0.253 e. The van der Waals surface area contributed by atoms with Gasteiger partial charge < -0.3 is 14.7 Å². The third-order valence-corrected chi connectivity index (χ3v) is 6.95. The highest BCUT2D eigenvalue weighted by molar-refractivity contribution is 6.30. The topological polar surface area (TPSA) is 43.9 Å². The zero-order valence-electron chi connectivity index (χ0n) is 18.8. The molecule has 6 heteroatoms. The van der Waals surface area contributed by atoms with Gasteiger partial charge in [0.25, 0.3) is 5.91 Å². The molecule has 0 spiro atoms. The predicted molar refractivity (Wildman–Crippen MR) is 129 cm³/mol. The molecule has 2 saturated heterocycles. The summed E-state index contributed by atoms with van der Waals surface area (Å²) in [6.07, 6.45) is 5.18. The Bertz CT molecular complexity index is 932. The number of benzene rings is 2. The third-order valence-electron chi connectivity index (χ3n) is 6.69. The highest BCUT2D eigenvalue weighted by Gasteiger charge is 2.30. The van der Waals surface area contributed by atoms with Crippen LogP contribution in [0.4, 0.5) is 5.69 Å². The van der Waals surface area contributed by atoms with Gasteiger partial charge in [-0.1, -0.05) is 29.8 Å². The van der Waals surface area contributed by atoms with E-state index in [0.717, 1.165) is 13.1 Å². The van der Waals surface area contributed by atoms with Crippen molar-refractivity contribution in [2.45, 2.75) is 38.6 Å². The summed E-state index contributed by atoms with van der Waals surface area (Å²) in [6, 6.07) is 15.5. The number of carbonyl (C=O) groups is 2. The molecule has 5 nitrogen and oxygen atoms in total. The monoisotopic (exact) mass is 453 g/mol. The summed E-state index contributed by atoms with van der Waals surface area (Å²) in [5.74, 6) is 0.157. The van der Waals surface area contributed by atoms with E-state index < -0.39 is 0 Å². The van der Waals surface area contributed by atoms with Gasteiger partial charge in [0.1, 0.15) is 0 Å². The summed E-state index contributed by atoms with van der Waals surface area (Å²) in [4.78, 5) is 32.1. The summed E-state index contributed by atoms with van der Waals surface area (Å²) in [6.45, 7) is 4.02. The van der Waals surface area contributed by atoms with E-state index in [0.29, 0.717) is 43.1 Å². The molecule has 0 saturated carbocycles. The number of carbonyl (C=O) groups excluding carboxylic acids is 2. The molecule has 0 aliphatic carbocycles. The standard InChI is InChI=1S/C26H32ClN3O2/c1-28(19-22-7-3-4-8-24(22)29-15-5-2-6-16-29)25(31)21-13-17-30(18-14-21)26(32)20-9-11-23(27)12-10-20/h3-4,7-12,21H,2,5-6,13-19H2,1H3. The fraction of sp³-hybridized carbons (Fsp3) is 0.462. The molecule has 2 aromatic rings. The summed E-state index contributed by atoms with van der Waals surface area (Å²) in [7, 11) is 1.90. The SMILES string of the molecule is CN(Cc1ccccc1N1CCCCC1)C(=O)C1CCN(C(=O)c2ccc(Cl)cc2)CC1. The molecular formula is C26H32ClN3O2. The largest absolute Gasteiger partial charge is 0.371 e. The van der Waals surface area contributed by atoms with Crippen molar-refractivity contribution in [3.8, 4) is 0 Å². The molecule has 0 atom stereocenters. The number of amides is 2. The molecule has 170 valence electrons. The molecule has 32 heavy (non-hydrogen) atoms. The van der Waals surface area contributed by atoms with Gasteiger partial charge in [0, 0.05) is 62.0 Å². The Labute approximate surface area is 195 Å². The Balaban J connectivity index is 1.33. The summed E-state index contributed by atoms with van der Waals surface area (Å²) in [5.41, 5.74) is 3.11. The Morgan fingerprint density at radius 2 is 1.59 bits per heavy atom. The highest BCUT2D eigenvalue weighted by Crippen LogP contribution is 2.27. The first-order valence-electron chi connectivity index (χ1n) is 11.7. The van der Waals surface area contributed by atoms with Crippen molar-refractivity contribution >= 4 is 29.1 Å². The van der Waals surface area contributed by atoms with Crippen LogP contribution in [0.5, 0.6) is 0 Å². The molecule has 0 radical (unpaired) electrons. The maximum absolute atomic E-state index is 13.2. The van der Waals surface area contributed by atoms with Crippen LogP contribution in [0.15, 0.2) is 48.5 Å². The van der Waals surface area contributed by atoms with E-state index in [4.69, 9.17) is 11.6 Å². The molecule has 0 bridgehead atoms. The molecule has 0 N–H and O–H groups in total. The zero-order valence-corrected chi connectivity index (χ0v) is 19.6. The fourth-order valence-electron chi connectivity index (χ4n) is 4.84. The van der Waals surface area contributed by atoms with Crippen LogP contribution in [0.25, 0.3) is 0 Å². The second-order valence-electron chi connectivity index (χ2n) is 8.94. The molecule has 2 aliphatic rings. The van der Waals surface area contributed by atoms with E-state index in [1.165, 1.54) is 30.5 Å². The van der Waals surface area contributed by atoms with Crippen LogP contribution in [0.1, 0.15) is 48.0 Å². The lowest BCUT2D eigenvalue weighted by atomic mass is 9.94. The number of rotatable bonds is 5. The summed E-state index contributed by atoms with van der Waals surface area (Å²) < 4.78 is 0. The lowest BCUT2D eigenvalue weighted by Gasteiger charge is -2.34. The maximum atomic E-state index is 13.2. The molecule has 0 unspecified atom stereocenters. The predicted octanol–water partition coefficient (Wildman–Crippen LogP) is 4.84. The number of hydrogen-bond acceptors (Lipinski definition) is 3. The Kier molecular flexibility index (Phi) is 7.36. The lowest BCUT2D eigenvalue weighted by molar-refractivity contribution is -0.136. The number of hydrogen-bond donors (Lipinski definition) is 0. The molecular weight excluding hydrogens is 422 g/mol. The van der Waals surface area contributed by atoms with Gasteiger partial charge in [-0.15, -0.1) is 0 Å². The summed E-state index contributed by atoms with van der Waals surface area (Å²) >= 11 is 5.93. The van der Waals surface area contributed by atoms with Crippen LogP contribution < -0.4 is 4.90 Å². The van der Waals surface area contributed by atoms with Gasteiger partial charge in [0.05, 0.1) is 0 Å². The van der Waals surface area contributed by atoms with Crippen molar-refractivity contribution in [2.24, 2.45) is 5.92 Å². The van der Waals surface area contributed by atoms with E-state index >= 15 is 0 Å². The van der Waals surface area contributed by atoms with Crippen LogP contribution >= 0.6 is 11.6 Å². The second kappa shape index (κ2) is 10.4. The smallest absolute Gasteiger partial charge is 0.253 e. The van der Waals surface area contributed by atoms with Gasteiger partial charge in [-0.05, 0) is 68.0 Å². The number of para-hydroxylation sites is 1. The van der Waals surface area contributed by atoms with E-state index in [9.17, 15) is 9.59 Å². The Hall–Kier alpha value is -2.53. The van der Waals surface area contributed by atoms with Gasteiger partial charge in [0.2, 0.25) is 5.91 Å². The lowest BCUT2D eigenvalue weighted by Crippen LogP contribution is -2.43. The normalized spacial score (nSPS) is 17.3. The van der Waals surface area contributed by atoms with Gasteiger partial charge >= 0.3 is 0 Å². The first-order chi connectivity index (χ1) is 15.5. The van der Waals surface area contributed by atoms with Crippen LogP contribution in [0, 0.1) is 5.92 Å². The number of anilines is 1. The molecule has 2 heterocycles. The molecule has 4 rings (SSSR count). The Morgan fingerprint density at radius 3 is 2.28 bits per heavy atom. The van der Waals surface area contributed by atoms with E-state index in [1.807, 2.05) is 16.8 Å². The van der Waals surface area contributed by atoms with Crippen LogP contribution in [0.2, 0.25) is 5.02 Å². The Morgan fingerprint density at radius 1 is 0.938 bits per heavy atom. The van der Waals surface area contributed by atoms with E-state index in [-0.39, 0.29) is 17.7 Å². The molecule has 0 aromatic heterocycles. The minimum absolute atomic E-state index is 0.0105. The number of piperidine rings is 2. The molecule has 2 fully saturated rings. The van der Waals surface area contributed by atoms with Crippen molar-refractivity contribution in [1.82, 2.24) is 9.80 Å². The summed E-state index contributed by atoms with van der Waals surface area (Å²) in [5, 5.41) is 0.621. The quantitative estimate of drug-likeness (QED) is 0.650. The second-order valence-corrected chi connectivity index (χ2v) is 9.38. The fourth-order valence-corrected chi connectivity index (χ4v) is 4.96. The average molecular weight is 454 g/mol. The van der Waals surface area contributed by atoms with E-state index in [2.05, 4.69) is 29.2 Å². The first kappa shape index (κ1) is 22.7. The number of halogens is 1. The third kappa shape index (κ3) is 5.26. The van der Waals surface area contributed by atoms with Gasteiger partial charge in [-0.2, -0.15) is 0 Å². The average Bonchev–Trinajstić information content (AvgIpc) is 2.84. The van der Waals surface area contributed by atoms with Crippen molar-refractivity contribution in [2.75, 3.05) is 38.1 Å². The van der Waals surface area contributed by atoms with E-state index in [1.54, 1.807) is 24.3 Å². The number of likely N-dealkylation sites (tertiary alicyclic amines) is 1. The number of nitrogens with zero attached hydrogens (tertiary/aromatic N) is 3. The zero-order chi connectivity index (χ0) is 22.5. The molecule has 2 aliphatic heterocycles. The van der Waals surface area contributed by atoms with Gasteiger partial charge in [-0.3, -0.25) is 9.59 Å². The minimum Gasteiger partial charge on any atom is -0.371 e. The van der Waals surface area contributed by atoms with Crippen LogP contribution in [0.3, 0.4) is 0 Å². The van der Waals surface area contributed by atoms with Gasteiger partial charge in [-0.25, -0.2) is 0 Å². The van der Waals surface area contributed by atoms with Crippen molar-refractivity contribution in [3.05, 3.63) is 64.7 Å².